The zero-order valence-electron chi connectivity index (χ0n) is 35.4. The summed E-state index contributed by atoms with van der Waals surface area (Å²) >= 11 is 0. The predicted molar refractivity (Wildman–Crippen MR) is 227 cm³/mol. The number of aliphatic hydroxyl groups is 1. The van der Waals surface area contributed by atoms with E-state index in [1.807, 2.05) is 6.08 Å². The Hall–Kier alpha value is -2.68. The first-order valence-electron chi connectivity index (χ1n) is 22.7. The minimum absolute atomic E-state index is 0.126. The van der Waals surface area contributed by atoms with Crippen molar-refractivity contribution in [2.24, 2.45) is 0 Å². The van der Waals surface area contributed by atoms with Crippen LogP contribution >= 0.6 is 0 Å². The number of carbonyl (C=O) groups excluding carboxylic acids is 3. The van der Waals surface area contributed by atoms with E-state index >= 15 is 0 Å². The van der Waals surface area contributed by atoms with E-state index < -0.39 is 24.5 Å². The van der Waals surface area contributed by atoms with Gasteiger partial charge in [-0.3, -0.25) is 14.4 Å². The van der Waals surface area contributed by atoms with Gasteiger partial charge in [-0.2, -0.15) is 0 Å². The van der Waals surface area contributed by atoms with Gasteiger partial charge in [-0.1, -0.05) is 186 Å². The summed E-state index contributed by atoms with van der Waals surface area (Å²) in [6, 6.07) is -1.39. The van der Waals surface area contributed by atoms with Crippen LogP contribution in [0.4, 0.5) is 0 Å². The van der Waals surface area contributed by atoms with Gasteiger partial charge in [-0.25, -0.2) is 4.79 Å². The second-order valence-corrected chi connectivity index (χ2v) is 15.5. The minimum Gasteiger partial charge on any atom is -0.480 e. The first-order valence-corrected chi connectivity index (χ1v) is 22.7. The molecular formula is C46H84N2O7. The average Bonchev–Trinajstić information content (AvgIpc) is 3.17. The van der Waals surface area contributed by atoms with Gasteiger partial charge in [0.05, 0.1) is 13.2 Å². The molecular weight excluding hydrogens is 693 g/mol. The molecule has 2 amide bonds. The third kappa shape index (κ3) is 38.0. The third-order valence-corrected chi connectivity index (χ3v) is 10.2. The van der Waals surface area contributed by atoms with Crippen molar-refractivity contribution in [3.8, 4) is 0 Å². The Morgan fingerprint density at radius 2 is 1.04 bits per heavy atom. The number of rotatable bonds is 41. The van der Waals surface area contributed by atoms with Crippen LogP contribution in [-0.2, 0) is 23.9 Å². The van der Waals surface area contributed by atoms with E-state index in [1.54, 1.807) is 0 Å². The molecule has 0 saturated carbocycles. The second kappa shape index (κ2) is 41.0. The number of carboxylic acids is 1. The van der Waals surface area contributed by atoms with E-state index in [9.17, 15) is 19.2 Å². The van der Waals surface area contributed by atoms with Gasteiger partial charge in [0.25, 0.3) is 0 Å². The van der Waals surface area contributed by atoms with Gasteiger partial charge in [0, 0.05) is 12.8 Å². The molecule has 320 valence electrons. The average molecular weight is 777 g/mol. The van der Waals surface area contributed by atoms with E-state index in [0.29, 0.717) is 12.8 Å². The second-order valence-electron chi connectivity index (χ2n) is 15.5. The molecule has 4 N–H and O–H groups in total. The summed E-state index contributed by atoms with van der Waals surface area (Å²) in [6.45, 7) is 3.38. The fourth-order valence-corrected chi connectivity index (χ4v) is 6.67. The molecule has 0 fully saturated rings. The predicted octanol–water partition coefficient (Wildman–Crippen LogP) is 11.2. The molecule has 0 aromatic carbocycles. The maximum atomic E-state index is 12.7. The number of esters is 1. The Morgan fingerprint density at radius 1 is 0.564 bits per heavy atom. The van der Waals surface area contributed by atoms with E-state index in [4.69, 9.17) is 14.9 Å². The molecule has 2 unspecified atom stereocenters. The Labute approximate surface area is 336 Å². The molecule has 0 aliphatic carbocycles. The van der Waals surface area contributed by atoms with Crippen molar-refractivity contribution < 1.29 is 34.1 Å². The zero-order chi connectivity index (χ0) is 40.5. The number of aliphatic carboxylic acids is 1. The molecule has 9 nitrogen and oxygen atoms in total. The number of carbonyl (C=O) groups is 4. The Balaban J connectivity index is 4.00. The summed E-state index contributed by atoms with van der Waals surface area (Å²) in [5.41, 5.74) is 0. The molecule has 0 bridgehead atoms. The lowest BCUT2D eigenvalue weighted by molar-refractivity contribution is -0.147. The van der Waals surface area contributed by atoms with Gasteiger partial charge in [0.15, 0.2) is 0 Å². The first-order chi connectivity index (χ1) is 26.8. The van der Waals surface area contributed by atoms with Crippen molar-refractivity contribution >= 4 is 23.8 Å². The smallest absolute Gasteiger partial charge is 0.328 e. The lowest BCUT2D eigenvalue weighted by Gasteiger charge is -2.15. The highest BCUT2D eigenvalue weighted by atomic mass is 16.5. The van der Waals surface area contributed by atoms with Gasteiger partial charge < -0.3 is 25.6 Å². The minimum atomic E-state index is -1.39. The van der Waals surface area contributed by atoms with Crippen LogP contribution in [-0.4, -0.2) is 59.3 Å². The van der Waals surface area contributed by atoms with Crippen LogP contribution in [0.5, 0.6) is 0 Å². The highest BCUT2D eigenvalue weighted by molar-refractivity contribution is 5.87. The molecule has 0 spiro atoms. The maximum absolute atomic E-state index is 12.7. The summed E-state index contributed by atoms with van der Waals surface area (Å²) < 4.78 is 5.87. The van der Waals surface area contributed by atoms with Gasteiger partial charge in [-0.15, -0.1) is 0 Å². The van der Waals surface area contributed by atoms with Gasteiger partial charge in [-0.05, 0) is 44.6 Å². The topological polar surface area (TPSA) is 142 Å². The summed E-state index contributed by atoms with van der Waals surface area (Å²) in [4.78, 5) is 47.4. The molecule has 0 aliphatic rings. The number of aliphatic hydroxyl groups excluding tert-OH is 1. The number of unbranched alkanes of at least 4 members (excludes halogenated alkanes) is 25. The highest BCUT2D eigenvalue weighted by Crippen LogP contribution is 2.17. The molecule has 0 radical (unpaired) electrons. The van der Waals surface area contributed by atoms with Crippen molar-refractivity contribution in [2.75, 3.05) is 13.2 Å². The van der Waals surface area contributed by atoms with Crippen molar-refractivity contribution in [2.45, 2.75) is 231 Å². The van der Waals surface area contributed by atoms with Crippen LogP contribution in [0.2, 0.25) is 0 Å². The quantitative estimate of drug-likeness (QED) is 0.0275. The highest BCUT2D eigenvalue weighted by Gasteiger charge is 2.18. The Bertz CT molecular complexity index is 983. The lowest BCUT2D eigenvalue weighted by atomic mass is 10.0. The first kappa shape index (κ1) is 52.3. The molecule has 9 heteroatoms. The van der Waals surface area contributed by atoms with Gasteiger partial charge in [0.2, 0.25) is 11.8 Å². The molecule has 0 saturated heterocycles. The number of carboxylic acid groups (broad SMARTS) is 1. The SMILES string of the molecule is CCC/C=C\C/C=C\C(CCCCCCC(=O)NCC(=O)NC(CO)C(=O)O)OC(=O)CCCCCCCCCCCCCCCCCCCCCCCC. The zero-order valence-corrected chi connectivity index (χ0v) is 35.4. The van der Waals surface area contributed by atoms with Crippen molar-refractivity contribution in [3.05, 3.63) is 24.3 Å². The van der Waals surface area contributed by atoms with Crippen molar-refractivity contribution in [1.29, 1.82) is 0 Å². The standard InChI is InChI=1S/C46H84N2O7/c1-3-5-7-9-11-12-13-14-15-16-17-18-19-20-21-22-23-24-25-26-28-34-38-45(52)55-41(35-31-27-10-8-6-4-2)36-32-29-30-33-37-43(50)47-39-44(51)48-42(40-49)46(53)54/h8,10,31,35,41-42,49H,3-7,9,11-30,32-34,36-40H2,1-2H3,(H,47,50)(H,48,51)(H,53,54)/b10-8-,35-31-. The van der Waals surface area contributed by atoms with Crippen molar-refractivity contribution in [3.63, 3.8) is 0 Å². The normalized spacial score (nSPS) is 12.6. The van der Waals surface area contributed by atoms with Crippen LogP contribution in [0.3, 0.4) is 0 Å². The number of allylic oxidation sites excluding steroid dienone is 3. The van der Waals surface area contributed by atoms with Crippen molar-refractivity contribution in [1.82, 2.24) is 10.6 Å². The third-order valence-electron chi connectivity index (χ3n) is 10.2. The van der Waals surface area contributed by atoms with E-state index in [0.717, 1.165) is 57.8 Å². The molecule has 0 aliphatic heterocycles. The Morgan fingerprint density at radius 3 is 1.51 bits per heavy atom. The Kier molecular flexibility index (Phi) is 39.0. The number of amides is 2. The number of hydrogen-bond donors (Lipinski definition) is 4. The summed E-state index contributed by atoms with van der Waals surface area (Å²) in [6.07, 6.45) is 45.4. The fourth-order valence-electron chi connectivity index (χ4n) is 6.67. The summed E-state index contributed by atoms with van der Waals surface area (Å²) in [5.74, 6) is -2.42. The lowest BCUT2D eigenvalue weighted by Crippen LogP contribution is -2.47. The molecule has 0 heterocycles. The van der Waals surface area contributed by atoms with Crippen LogP contribution < -0.4 is 10.6 Å². The fraction of sp³-hybridized carbons (Fsp3) is 0.826. The van der Waals surface area contributed by atoms with Gasteiger partial charge in [0.1, 0.15) is 12.1 Å². The largest absolute Gasteiger partial charge is 0.480 e. The van der Waals surface area contributed by atoms with E-state index in [2.05, 4.69) is 42.7 Å². The van der Waals surface area contributed by atoms with E-state index in [-0.39, 0.29) is 30.9 Å². The molecule has 0 rings (SSSR count). The summed E-state index contributed by atoms with van der Waals surface area (Å²) in [5, 5.41) is 22.5. The van der Waals surface area contributed by atoms with Gasteiger partial charge >= 0.3 is 11.9 Å². The number of nitrogens with one attached hydrogen (secondary N) is 2. The molecule has 0 aromatic heterocycles. The van der Waals surface area contributed by atoms with Crippen LogP contribution in [0, 0.1) is 0 Å². The number of hydrogen-bond acceptors (Lipinski definition) is 6. The summed E-state index contributed by atoms with van der Waals surface area (Å²) in [7, 11) is 0. The monoisotopic (exact) mass is 777 g/mol. The van der Waals surface area contributed by atoms with E-state index in [1.165, 1.54) is 128 Å². The van der Waals surface area contributed by atoms with Crippen LogP contribution in [0.15, 0.2) is 24.3 Å². The van der Waals surface area contributed by atoms with Crippen LogP contribution in [0.25, 0.3) is 0 Å². The molecule has 2 atom stereocenters. The molecule has 55 heavy (non-hydrogen) atoms. The maximum Gasteiger partial charge on any atom is 0.328 e. The number of ether oxygens (including phenoxy) is 1. The van der Waals surface area contributed by atoms with Crippen LogP contribution in [0.1, 0.15) is 219 Å². The molecule has 0 aromatic rings.